The molecule has 2 nitrogen and oxygen atoms in total. The Labute approximate surface area is 131 Å². The molecule has 0 spiro atoms. The van der Waals surface area contributed by atoms with Gasteiger partial charge in [0.1, 0.15) is 5.01 Å². The van der Waals surface area contributed by atoms with E-state index in [1.165, 1.54) is 26.7 Å². The van der Waals surface area contributed by atoms with E-state index in [0.717, 1.165) is 32.2 Å². The molecule has 1 aromatic heterocycles. The Morgan fingerprint density at radius 1 is 1.19 bits per heavy atom. The molecule has 0 bridgehead atoms. The monoisotopic (exact) mass is 300 g/mol. The van der Waals surface area contributed by atoms with E-state index in [2.05, 4.69) is 50.4 Å². The first-order chi connectivity index (χ1) is 10.2. The van der Waals surface area contributed by atoms with Gasteiger partial charge in [0.15, 0.2) is 0 Å². The second kappa shape index (κ2) is 5.90. The maximum absolute atomic E-state index is 4.97. The van der Waals surface area contributed by atoms with Crippen molar-refractivity contribution >= 4 is 11.3 Å². The van der Waals surface area contributed by atoms with Crippen molar-refractivity contribution in [2.24, 2.45) is 0 Å². The lowest BCUT2D eigenvalue weighted by Crippen LogP contribution is -2.43. The molecule has 1 aliphatic carbocycles. The van der Waals surface area contributed by atoms with Crippen LogP contribution >= 0.6 is 11.3 Å². The molecule has 1 aliphatic rings. The number of nitrogens with zero attached hydrogens (tertiary/aromatic N) is 1. The van der Waals surface area contributed by atoms with E-state index in [4.69, 9.17) is 4.98 Å². The van der Waals surface area contributed by atoms with Crippen molar-refractivity contribution in [3.63, 3.8) is 0 Å². The first-order valence-corrected chi connectivity index (χ1v) is 8.78. The predicted octanol–water partition coefficient (Wildman–Crippen LogP) is 4.01. The van der Waals surface area contributed by atoms with Gasteiger partial charge in [0.2, 0.25) is 0 Å². The van der Waals surface area contributed by atoms with Gasteiger partial charge < -0.3 is 5.32 Å². The fourth-order valence-electron chi connectivity index (χ4n) is 3.29. The van der Waals surface area contributed by atoms with Crippen LogP contribution in [0.2, 0.25) is 0 Å². The molecule has 21 heavy (non-hydrogen) atoms. The van der Waals surface area contributed by atoms with Crippen molar-refractivity contribution in [2.75, 3.05) is 6.54 Å². The summed E-state index contributed by atoms with van der Waals surface area (Å²) in [6.07, 6.45) is 4.32. The SMILES string of the molecule is CCCNC1(c2nc(CC)c(C)s2)Cc2ccccc2C1. The van der Waals surface area contributed by atoms with Crippen LogP contribution in [0, 0.1) is 6.92 Å². The average Bonchev–Trinajstić information content (AvgIpc) is 3.06. The van der Waals surface area contributed by atoms with Crippen LogP contribution in [0.5, 0.6) is 0 Å². The molecule has 112 valence electrons. The van der Waals surface area contributed by atoms with E-state index in [-0.39, 0.29) is 5.54 Å². The number of hydrogen-bond acceptors (Lipinski definition) is 3. The molecule has 3 rings (SSSR count). The lowest BCUT2D eigenvalue weighted by atomic mass is 9.96. The molecule has 1 N–H and O–H groups in total. The third kappa shape index (κ3) is 2.65. The van der Waals surface area contributed by atoms with E-state index in [0.29, 0.717) is 0 Å². The maximum atomic E-state index is 4.97. The van der Waals surface area contributed by atoms with Gasteiger partial charge >= 0.3 is 0 Å². The number of benzene rings is 1. The summed E-state index contributed by atoms with van der Waals surface area (Å²) in [7, 11) is 0. The minimum Gasteiger partial charge on any atom is -0.305 e. The van der Waals surface area contributed by atoms with E-state index in [1.807, 2.05) is 11.3 Å². The van der Waals surface area contributed by atoms with Crippen LogP contribution in [-0.4, -0.2) is 11.5 Å². The number of aromatic nitrogens is 1. The van der Waals surface area contributed by atoms with Crippen molar-refractivity contribution in [2.45, 2.75) is 52.0 Å². The summed E-state index contributed by atoms with van der Waals surface area (Å²) < 4.78 is 0. The third-order valence-corrected chi connectivity index (χ3v) is 5.67. The van der Waals surface area contributed by atoms with Gasteiger partial charge in [-0.15, -0.1) is 11.3 Å². The Morgan fingerprint density at radius 2 is 1.86 bits per heavy atom. The Morgan fingerprint density at radius 3 is 2.38 bits per heavy atom. The van der Waals surface area contributed by atoms with Gasteiger partial charge in [-0.3, -0.25) is 0 Å². The van der Waals surface area contributed by atoms with Crippen molar-refractivity contribution in [3.05, 3.63) is 51.0 Å². The molecule has 0 atom stereocenters. The van der Waals surface area contributed by atoms with Gasteiger partial charge in [-0.25, -0.2) is 4.98 Å². The first-order valence-electron chi connectivity index (χ1n) is 7.97. The zero-order valence-corrected chi connectivity index (χ0v) is 14.0. The largest absolute Gasteiger partial charge is 0.305 e. The Hall–Kier alpha value is -1.19. The zero-order chi connectivity index (χ0) is 14.9. The number of rotatable bonds is 5. The predicted molar refractivity (Wildman–Crippen MR) is 90.1 cm³/mol. The highest BCUT2D eigenvalue weighted by molar-refractivity contribution is 7.11. The highest BCUT2D eigenvalue weighted by atomic mass is 32.1. The van der Waals surface area contributed by atoms with Gasteiger partial charge in [-0.05, 0) is 50.3 Å². The van der Waals surface area contributed by atoms with Crippen LogP contribution in [0.1, 0.15) is 47.0 Å². The molecule has 1 aromatic carbocycles. The molecule has 0 saturated heterocycles. The summed E-state index contributed by atoms with van der Waals surface area (Å²) in [5.41, 5.74) is 4.24. The molecule has 0 fully saturated rings. The fraction of sp³-hybridized carbons (Fsp3) is 0.500. The summed E-state index contributed by atoms with van der Waals surface area (Å²) in [6, 6.07) is 8.84. The van der Waals surface area contributed by atoms with Crippen LogP contribution < -0.4 is 5.32 Å². The van der Waals surface area contributed by atoms with Crippen molar-refractivity contribution in [3.8, 4) is 0 Å². The van der Waals surface area contributed by atoms with E-state index < -0.39 is 0 Å². The second-order valence-corrected chi connectivity index (χ2v) is 7.21. The Kier molecular flexibility index (Phi) is 4.14. The Balaban J connectivity index is 1.99. The average molecular weight is 300 g/mol. The summed E-state index contributed by atoms with van der Waals surface area (Å²) in [4.78, 5) is 6.35. The van der Waals surface area contributed by atoms with E-state index in [9.17, 15) is 0 Å². The van der Waals surface area contributed by atoms with Crippen LogP contribution in [0.3, 0.4) is 0 Å². The van der Waals surface area contributed by atoms with Crippen LogP contribution in [-0.2, 0) is 24.8 Å². The molecule has 3 heteroatoms. The number of nitrogens with one attached hydrogen (secondary N) is 1. The van der Waals surface area contributed by atoms with Gasteiger partial charge in [0.25, 0.3) is 0 Å². The minimum absolute atomic E-state index is 0.0164. The van der Waals surface area contributed by atoms with Gasteiger partial charge in [0, 0.05) is 4.88 Å². The molecule has 0 radical (unpaired) electrons. The maximum Gasteiger partial charge on any atom is 0.114 e. The van der Waals surface area contributed by atoms with E-state index in [1.54, 1.807) is 0 Å². The first kappa shape index (κ1) is 14.7. The molecule has 0 aliphatic heterocycles. The number of aryl methyl sites for hydroxylation is 2. The summed E-state index contributed by atoms with van der Waals surface area (Å²) >= 11 is 1.88. The van der Waals surface area contributed by atoms with Gasteiger partial charge in [-0.1, -0.05) is 38.1 Å². The minimum atomic E-state index is 0.0164. The van der Waals surface area contributed by atoms with E-state index >= 15 is 0 Å². The third-order valence-electron chi connectivity index (χ3n) is 4.45. The van der Waals surface area contributed by atoms with Crippen LogP contribution in [0.25, 0.3) is 0 Å². The van der Waals surface area contributed by atoms with Crippen molar-refractivity contribution in [1.82, 2.24) is 10.3 Å². The topological polar surface area (TPSA) is 24.9 Å². The zero-order valence-electron chi connectivity index (χ0n) is 13.2. The van der Waals surface area contributed by atoms with Crippen molar-refractivity contribution in [1.29, 1.82) is 0 Å². The summed E-state index contributed by atoms with van der Waals surface area (Å²) in [6.45, 7) is 7.68. The number of thiazole rings is 1. The Bertz CT molecular complexity index is 605. The standard InChI is InChI=1S/C18H24N2S/c1-4-10-19-18(17-20-16(5-2)13(3)21-17)11-14-8-6-7-9-15(14)12-18/h6-9,19H,4-5,10-12H2,1-3H3. The van der Waals surface area contributed by atoms with Gasteiger partial charge in [-0.2, -0.15) is 0 Å². The summed E-state index contributed by atoms with van der Waals surface area (Å²) in [5, 5.41) is 5.10. The number of hydrogen-bond donors (Lipinski definition) is 1. The lowest BCUT2D eigenvalue weighted by Gasteiger charge is -2.28. The molecule has 0 unspecified atom stereocenters. The molecule has 2 aromatic rings. The summed E-state index contributed by atoms with van der Waals surface area (Å²) in [5.74, 6) is 0. The molecule has 0 amide bonds. The molecule has 0 saturated carbocycles. The number of fused-ring (bicyclic) bond motifs is 1. The molecular formula is C18H24N2S. The molecule has 1 heterocycles. The smallest absolute Gasteiger partial charge is 0.114 e. The quantitative estimate of drug-likeness (QED) is 0.902. The molecular weight excluding hydrogens is 276 g/mol. The lowest BCUT2D eigenvalue weighted by molar-refractivity contribution is 0.348. The highest BCUT2D eigenvalue weighted by Crippen LogP contribution is 2.40. The fourth-order valence-corrected chi connectivity index (χ4v) is 4.46. The van der Waals surface area contributed by atoms with Crippen LogP contribution in [0.4, 0.5) is 0 Å². The second-order valence-electron chi connectivity index (χ2n) is 6.01. The highest BCUT2D eigenvalue weighted by Gasteiger charge is 2.40. The normalized spacial score (nSPS) is 16.1. The van der Waals surface area contributed by atoms with Gasteiger partial charge in [0.05, 0.1) is 11.2 Å². The van der Waals surface area contributed by atoms with Crippen molar-refractivity contribution < 1.29 is 0 Å². The van der Waals surface area contributed by atoms with Crippen LogP contribution in [0.15, 0.2) is 24.3 Å².